The molecule has 1 amide bonds. The number of carbonyl (C=O) groups excluding carboxylic acids is 1. The van der Waals surface area contributed by atoms with Gasteiger partial charge in [0.2, 0.25) is 5.91 Å². The largest absolute Gasteiger partial charge is 0.354 e. The van der Waals surface area contributed by atoms with E-state index in [9.17, 15) is 13.2 Å². The average molecular weight is 297 g/mol. The van der Waals surface area contributed by atoms with Gasteiger partial charge < -0.3 is 5.32 Å². The monoisotopic (exact) mass is 297 g/mol. The zero-order valence-electron chi connectivity index (χ0n) is 12.3. The van der Waals surface area contributed by atoms with Crippen molar-refractivity contribution in [2.24, 2.45) is 0 Å². The average Bonchev–Trinajstić information content (AvgIpc) is 2.39. The molecule has 0 aliphatic carbocycles. The van der Waals surface area contributed by atoms with E-state index in [1.54, 1.807) is 0 Å². The van der Waals surface area contributed by atoms with Gasteiger partial charge in [-0.05, 0) is 25.8 Å². The molecular weight excluding hydrogens is 274 g/mol. The van der Waals surface area contributed by atoms with Gasteiger partial charge in [-0.1, -0.05) is 36.8 Å². The summed E-state index contributed by atoms with van der Waals surface area (Å²) in [6.07, 6.45) is 0.861. The minimum atomic E-state index is -3.25. The highest BCUT2D eigenvalue weighted by Gasteiger charge is 2.15. The van der Waals surface area contributed by atoms with Crippen molar-refractivity contribution in [2.75, 3.05) is 5.75 Å². The van der Waals surface area contributed by atoms with Crippen molar-refractivity contribution < 1.29 is 13.2 Å². The minimum absolute atomic E-state index is 0.0100. The van der Waals surface area contributed by atoms with Crippen LogP contribution in [-0.2, 0) is 20.4 Å². The molecule has 0 saturated heterocycles. The third-order valence-electron chi connectivity index (χ3n) is 3.17. The van der Waals surface area contributed by atoms with Crippen LogP contribution in [0.3, 0.4) is 0 Å². The molecule has 0 aromatic heterocycles. The highest BCUT2D eigenvalue weighted by atomic mass is 32.2. The van der Waals surface area contributed by atoms with Gasteiger partial charge in [0.1, 0.15) is 0 Å². The molecule has 0 heterocycles. The van der Waals surface area contributed by atoms with Crippen LogP contribution in [0.1, 0.15) is 37.8 Å². The lowest BCUT2D eigenvalue weighted by molar-refractivity contribution is -0.121. The summed E-state index contributed by atoms with van der Waals surface area (Å²) in [7, 11) is -3.25. The van der Waals surface area contributed by atoms with Gasteiger partial charge >= 0.3 is 0 Å². The first kappa shape index (κ1) is 16.7. The summed E-state index contributed by atoms with van der Waals surface area (Å²) in [6.45, 7) is 5.83. The molecule has 1 unspecified atom stereocenters. The van der Waals surface area contributed by atoms with Crippen LogP contribution in [0.4, 0.5) is 0 Å². The predicted molar refractivity (Wildman–Crippen MR) is 81.2 cm³/mol. The number of aryl methyl sites for hydroxylation is 1. The Hall–Kier alpha value is -1.36. The summed E-state index contributed by atoms with van der Waals surface area (Å²) in [4.78, 5) is 11.6. The molecule has 1 aromatic rings. The summed E-state index contributed by atoms with van der Waals surface area (Å²) in [6, 6.07) is 7.49. The van der Waals surface area contributed by atoms with E-state index in [-0.39, 0.29) is 29.9 Å². The zero-order chi connectivity index (χ0) is 15.2. The van der Waals surface area contributed by atoms with E-state index in [1.165, 1.54) is 0 Å². The minimum Gasteiger partial charge on any atom is -0.354 e. The normalized spacial score (nSPS) is 12.9. The Bertz CT molecular complexity index is 535. The van der Waals surface area contributed by atoms with Gasteiger partial charge in [-0.25, -0.2) is 8.42 Å². The fourth-order valence-corrected chi connectivity index (χ4v) is 3.05. The number of nitrogens with one attached hydrogen (secondary N) is 1. The van der Waals surface area contributed by atoms with Crippen LogP contribution in [-0.4, -0.2) is 26.1 Å². The number of hydrogen-bond donors (Lipinski definition) is 1. The number of amides is 1. The van der Waals surface area contributed by atoms with Crippen LogP contribution < -0.4 is 5.32 Å². The summed E-state index contributed by atoms with van der Waals surface area (Å²) in [5.74, 6) is -0.320. The molecule has 5 heteroatoms. The molecule has 0 fully saturated rings. The predicted octanol–water partition coefficient (Wildman–Crippen LogP) is 2.21. The molecule has 0 saturated carbocycles. The second-order valence-corrected chi connectivity index (χ2v) is 7.39. The first-order valence-electron chi connectivity index (χ1n) is 6.87. The van der Waals surface area contributed by atoms with Crippen LogP contribution in [0, 0.1) is 6.92 Å². The van der Waals surface area contributed by atoms with Crippen molar-refractivity contribution in [3.8, 4) is 0 Å². The fraction of sp³-hybridized carbons (Fsp3) is 0.533. The lowest BCUT2D eigenvalue weighted by Gasteiger charge is -2.11. The van der Waals surface area contributed by atoms with Gasteiger partial charge in [0, 0.05) is 12.5 Å². The Balaban J connectivity index is 2.49. The third-order valence-corrected chi connectivity index (χ3v) is 4.77. The lowest BCUT2D eigenvalue weighted by atomic mass is 10.2. The Morgan fingerprint density at radius 2 is 1.85 bits per heavy atom. The second-order valence-electron chi connectivity index (χ2n) is 5.20. The van der Waals surface area contributed by atoms with Gasteiger partial charge in [0.15, 0.2) is 9.84 Å². The van der Waals surface area contributed by atoms with Crippen molar-refractivity contribution in [1.29, 1.82) is 0 Å². The van der Waals surface area contributed by atoms with Crippen molar-refractivity contribution in [2.45, 2.75) is 45.4 Å². The highest BCUT2D eigenvalue weighted by molar-refractivity contribution is 7.90. The molecule has 1 N–H and O–H groups in total. The highest BCUT2D eigenvalue weighted by Crippen LogP contribution is 2.09. The second kappa shape index (κ2) is 7.43. The van der Waals surface area contributed by atoms with Gasteiger partial charge in [-0.3, -0.25) is 4.79 Å². The summed E-state index contributed by atoms with van der Waals surface area (Å²) in [5, 5.41) is 2.77. The van der Waals surface area contributed by atoms with E-state index in [4.69, 9.17) is 0 Å². The van der Waals surface area contributed by atoms with E-state index in [0.717, 1.165) is 17.5 Å². The molecule has 0 aliphatic heterocycles. The maximum absolute atomic E-state index is 12.0. The zero-order valence-corrected chi connectivity index (χ0v) is 13.2. The van der Waals surface area contributed by atoms with Gasteiger partial charge in [0.25, 0.3) is 0 Å². The maximum Gasteiger partial charge on any atom is 0.221 e. The summed E-state index contributed by atoms with van der Waals surface area (Å²) >= 11 is 0. The maximum atomic E-state index is 12.0. The first-order chi connectivity index (χ1) is 9.32. The molecule has 0 bridgehead atoms. The van der Waals surface area contributed by atoms with Crippen molar-refractivity contribution in [3.05, 3.63) is 35.4 Å². The van der Waals surface area contributed by atoms with Crippen molar-refractivity contribution in [3.63, 3.8) is 0 Å². The molecule has 0 aliphatic rings. The van der Waals surface area contributed by atoms with Crippen molar-refractivity contribution in [1.82, 2.24) is 5.32 Å². The molecule has 0 radical (unpaired) electrons. The van der Waals surface area contributed by atoms with E-state index in [1.807, 2.05) is 45.0 Å². The van der Waals surface area contributed by atoms with Crippen molar-refractivity contribution >= 4 is 15.7 Å². The topological polar surface area (TPSA) is 63.2 Å². The Morgan fingerprint density at radius 1 is 1.25 bits per heavy atom. The number of benzene rings is 1. The van der Waals surface area contributed by atoms with Gasteiger partial charge in [0.05, 0.1) is 11.5 Å². The molecule has 4 nitrogen and oxygen atoms in total. The van der Waals surface area contributed by atoms with Gasteiger partial charge in [-0.15, -0.1) is 0 Å². The molecule has 20 heavy (non-hydrogen) atoms. The smallest absolute Gasteiger partial charge is 0.221 e. The fourth-order valence-electron chi connectivity index (χ4n) is 1.71. The molecule has 1 rings (SSSR count). The number of rotatable bonds is 7. The molecule has 1 atom stereocenters. The van der Waals surface area contributed by atoms with E-state index < -0.39 is 9.84 Å². The number of carbonyl (C=O) groups is 1. The summed E-state index contributed by atoms with van der Waals surface area (Å²) < 4.78 is 23.9. The van der Waals surface area contributed by atoms with Crippen LogP contribution in [0.5, 0.6) is 0 Å². The molecule has 0 spiro atoms. The Morgan fingerprint density at radius 3 is 2.40 bits per heavy atom. The molecule has 1 aromatic carbocycles. The lowest BCUT2D eigenvalue weighted by Crippen LogP contribution is -2.33. The Labute approximate surface area is 121 Å². The van der Waals surface area contributed by atoms with Crippen LogP contribution in [0.2, 0.25) is 0 Å². The van der Waals surface area contributed by atoms with E-state index in [2.05, 4.69) is 5.32 Å². The van der Waals surface area contributed by atoms with Gasteiger partial charge in [-0.2, -0.15) is 0 Å². The SMILES string of the molecule is CCC(C)NC(=O)CCS(=O)(=O)Cc1ccc(C)cc1. The third kappa shape index (κ3) is 6.19. The van der Waals surface area contributed by atoms with Crippen LogP contribution >= 0.6 is 0 Å². The quantitative estimate of drug-likeness (QED) is 0.839. The Kier molecular flexibility index (Phi) is 6.20. The molecule has 112 valence electrons. The van der Waals surface area contributed by atoms with E-state index >= 15 is 0 Å². The first-order valence-corrected chi connectivity index (χ1v) is 8.70. The number of hydrogen-bond acceptors (Lipinski definition) is 3. The summed E-state index contributed by atoms with van der Waals surface area (Å²) in [5.41, 5.74) is 1.86. The number of sulfone groups is 1. The van der Waals surface area contributed by atoms with Crippen LogP contribution in [0.25, 0.3) is 0 Å². The standard InChI is InChI=1S/C15H23NO3S/c1-4-13(3)16-15(17)9-10-20(18,19)11-14-7-5-12(2)6-8-14/h5-8,13H,4,9-11H2,1-3H3,(H,16,17). The van der Waals surface area contributed by atoms with E-state index in [0.29, 0.717) is 0 Å². The molecular formula is C15H23NO3S. The van der Waals surface area contributed by atoms with Crippen LogP contribution in [0.15, 0.2) is 24.3 Å².